The van der Waals surface area contributed by atoms with Gasteiger partial charge in [-0.1, -0.05) is 26.7 Å². The lowest BCUT2D eigenvalue weighted by Crippen LogP contribution is -2.29. The number of nitrogens with zero attached hydrogens (tertiary/aromatic N) is 3. The minimum Gasteiger partial charge on any atom is -0.317 e. The summed E-state index contributed by atoms with van der Waals surface area (Å²) < 4.78 is 2.11. The van der Waals surface area contributed by atoms with E-state index >= 15 is 0 Å². The Labute approximate surface area is 117 Å². The van der Waals surface area contributed by atoms with Gasteiger partial charge in [-0.25, -0.2) is 0 Å². The molecule has 1 aliphatic carbocycles. The lowest BCUT2D eigenvalue weighted by atomic mass is 9.89. The van der Waals surface area contributed by atoms with Crippen LogP contribution in [0.4, 0.5) is 0 Å². The summed E-state index contributed by atoms with van der Waals surface area (Å²) in [6, 6.07) is 0.658. The number of hydrogen-bond acceptors (Lipinski definition) is 3. The van der Waals surface area contributed by atoms with Gasteiger partial charge in [0.25, 0.3) is 0 Å². The van der Waals surface area contributed by atoms with Crippen LogP contribution in [0.1, 0.15) is 58.7 Å². The van der Waals surface area contributed by atoms with Gasteiger partial charge < -0.3 is 9.88 Å². The van der Waals surface area contributed by atoms with E-state index in [0.29, 0.717) is 6.04 Å². The lowest BCUT2D eigenvalue weighted by molar-refractivity contribution is 0.337. The predicted octanol–water partition coefficient (Wildman–Crippen LogP) is 2.99. The van der Waals surface area contributed by atoms with E-state index in [4.69, 9.17) is 0 Å². The quantitative estimate of drug-likeness (QED) is 0.831. The average Bonchev–Trinajstić information content (AvgIpc) is 2.72. The highest BCUT2D eigenvalue weighted by Gasteiger charge is 2.20. The Bertz CT molecular complexity index is 372. The van der Waals surface area contributed by atoms with Gasteiger partial charge in [0.2, 0.25) is 0 Å². The molecule has 0 bridgehead atoms. The molecular formula is C15H28N4. The zero-order valence-corrected chi connectivity index (χ0v) is 12.6. The molecule has 0 spiro atoms. The molecule has 1 saturated carbocycles. The fraction of sp³-hybridized carbons (Fsp3) is 0.867. The van der Waals surface area contributed by atoms with Crippen LogP contribution in [0.2, 0.25) is 0 Å². The summed E-state index contributed by atoms with van der Waals surface area (Å²) in [5, 5.41) is 11.8. The molecule has 1 fully saturated rings. The molecule has 2 unspecified atom stereocenters. The van der Waals surface area contributed by atoms with Crippen LogP contribution in [0.3, 0.4) is 0 Å². The van der Waals surface area contributed by atoms with E-state index in [9.17, 15) is 0 Å². The molecule has 2 rings (SSSR count). The topological polar surface area (TPSA) is 42.7 Å². The molecule has 1 heterocycles. The maximum absolute atomic E-state index is 4.19. The molecule has 4 heteroatoms. The molecule has 108 valence electrons. The van der Waals surface area contributed by atoms with Crippen molar-refractivity contribution in [2.45, 2.75) is 72.0 Å². The standard InChI is InChI=1S/C15H28N4/c1-4-19-11-17-18-15(19)10-16-14-7-5-6-13(8-9-14)12(2)3/h11-14,16H,4-10H2,1-3H3. The van der Waals surface area contributed by atoms with Gasteiger partial charge in [0.1, 0.15) is 12.2 Å². The number of hydrogen-bond donors (Lipinski definition) is 1. The van der Waals surface area contributed by atoms with Crippen molar-refractivity contribution in [3.8, 4) is 0 Å². The Hall–Kier alpha value is -0.900. The monoisotopic (exact) mass is 264 g/mol. The van der Waals surface area contributed by atoms with Gasteiger partial charge in [0, 0.05) is 12.6 Å². The molecule has 1 N–H and O–H groups in total. The summed E-state index contributed by atoms with van der Waals surface area (Å²) in [4.78, 5) is 0. The van der Waals surface area contributed by atoms with Crippen molar-refractivity contribution in [1.82, 2.24) is 20.1 Å². The van der Waals surface area contributed by atoms with Crippen LogP contribution < -0.4 is 5.32 Å². The molecule has 1 aromatic heterocycles. The zero-order chi connectivity index (χ0) is 13.7. The summed E-state index contributed by atoms with van der Waals surface area (Å²) >= 11 is 0. The first-order chi connectivity index (χ1) is 9.20. The highest BCUT2D eigenvalue weighted by molar-refractivity contribution is 4.86. The van der Waals surface area contributed by atoms with Crippen LogP contribution in [0.5, 0.6) is 0 Å². The summed E-state index contributed by atoms with van der Waals surface area (Å²) in [6.07, 6.45) is 8.57. The fourth-order valence-corrected chi connectivity index (χ4v) is 3.12. The Morgan fingerprint density at radius 3 is 2.89 bits per heavy atom. The number of rotatable bonds is 5. The van der Waals surface area contributed by atoms with Crippen LogP contribution in [-0.4, -0.2) is 20.8 Å². The molecule has 0 saturated heterocycles. The van der Waals surface area contributed by atoms with E-state index in [1.165, 1.54) is 32.1 Å². The van der Waals surface area contributed by atoms with E-state index in [-0.39, 0.29) is 0 Å². The summed E-state index contributed by atoms with van der Waals surface area (Å²) in [5.41, 5.74) is 0. The Kier molecular flexibility index (Phi) is 5.37. The molecule has 2 atom stereocenters. The van der Waals surface area contributed by atoms with Crippen LogP contribution in [0, 0.1) is 11.8 Å². The first-order valence-electron chi connectivity index (χ1n) is 7.80. The van der Waals surface area contributed by atoms with E-state index in [2.05, 4.69) is 40.9 Å². The zero-order valence-electron chi connectivity index (χ0n) is 12.6. The second kappa shape index (κ2) is 7.04. The number of aryl methyl sites for hydroxylation is 1. The first kappa shape index (κ1) is 14.5. The van der Waals surface area contributed by atoms with Gasteiger partial charge in [-0.3, -0.25) is 0 Å². The van der Waals surface area contributed by atoms with Crippen LogP contribution in [0.15, 0.2) is 6.33 Å². The molecule has 1 aromatic rings. The smallest absolute Gasteiger partial charge is 0.146 e. The SMILES string of the molecule is CCn1cnnc1CNC1CCCC(C(C)C)CC1. The van der Waals surface area contributed by atoms with Crippen LogP contribution in [-0.2, 0) is 13.1 Å². The third-order valence-corrected chi connectivity index (χ3v) is 4.54. The van der Waals surface area contributed by atoms with E-state index in [0.717, 1.165) is 30.7 Å². The van der Waals surface area contributed by atoms with Gasteiger partial charge in [-0.2, -0.15) is 0 Å². The normalized spacial score (nSPS) is 24.6. The van der Waals surface area contributed by atoms with Crippen molar-refractivity contribution in [2.24, 2.45) is 11.8 Å². The van der Waals surface area contributed by atoms with Crippen LogP contribution in [0.25, 0.3) is 0 Å². The molecule has 0 aliphatic heterocycles. The Morgan fingerprint density at radius 1 is 1.32 bits per heavy atom. The molecule has 0 radical (unpaired) electrons. The minimum atomic E-state index is 0.658. The van der Waals surface area contributed by atoms with Gasteiger partial charge in [-0.15, -0.1) is 10.2 Å². The summed E-state index contributed by atoms with van der Waals surface area (Å²) in [6.45, 7) is 8.66. The third-order valence-electron chi connectivity index (χ3n) is 4.54. The van der Waals surface area contributed by atoms with Gasteiger partial charge in [-0.05, 0) is 38.0 Å². The van der Waals surface area contributed by atoms with Crippen molar-refractivity contribution in [2.75, 3.05) is 0 Å². The lowest BCUT2D eigenvalue weighted by Gasteiger charge is -2.19. The fourth-order valence-electron chi connectivity index (χ4n) is 3.12. The predicted molar refractivity (Wildman–Crippen MR) is 77.7 cm³/mol. The van der Waals surface area contributed by atoms with Gasteiger partial charge in [0.15, 0.2) is 0 Å². The maximum Gasteiger partial charge on any atom is 0.146 e. The van der Waals surface area contributed by atoms with Crippen molar-refractivity contribution >= 4 is 0 Å². The summed E-state index contributed by atoms with van der Waals surface area (Å²) in [5.74, 6) is 2.82. The van der Waals surface area contributed by atoms with E-state index in [1.54, 1.807) is 0 Å². The first-order valence-corrected chi connectivity index (χ1v) is 7.80. The molecule has 4 nitrogen and oxygen atoms in total. The maximum atomic E-state index is 4.19. The highest BCUT2D eigenvalue weighted by Crippen LogP contribution is 2.28. The van der Waals surface area contributed by atoms with Crippen molar-refractivity contribution in [3.63, 3.8) is 0 Å². The Balaban J connectivity index is 1.80. The van der Waals surface area contributed by atoms with Gasteiger partial charge in [0.05, 0.1) is 6.54 Å². The third kappa shape index (κ3) is 4.03. The van der Waals surface area contributed by atoms with Crippen molar-refractivity contribution in [1.29, 1.82) is 0 Å². The molecule has 0 aromatic carbocycles. The number of nitrogens with one attached hydrogen (secondary N) is 1. The average molecular weight is 264 g/mol. The molecule has 19 heavy (non-hydrogen) atoms. The van der Waals surface area contributed by atoms with Crippen LogP contribution >= 0.6 is 0 Å². The van der Waals surface area contributed by atoms with E-state index in [1.807, 2.05) is 6.33 Å². The van der Waals surface area contributed by atoms with Crippen molar-refractivity contribution < 1.29 is 0 Å². The van der Waals surface area contributed by atoms with Crippen molar-refractivity contribution in [3.05, 3.63) is 12.2 Å². The second-order valence-corrected chi connectivity index (χ2v) is 6.12. The molecular weight excluding hydrogens is 236 g/mol. The van der Waals surface area contributed by atoms with Gasteiger partial charge >= 0.3 is 0 Å². The molecule has 1 aliphatic rings. The van der Waals surface area contributed by atoms with E-state index < -0.39 is 0 Å². The highest BCUT2D eigenvalue weighted by atomic mass is 15.3. The Morgan fingerprint density at radius 2 is 2.16 bits per heavy atom. The second-order valence-electron chi connectivity index (χ2n) is 6.12. The summed E-state index contributed by atoms with van der Waals surface area (Å²) in [7, 11) is 0. The largest absolute Gasteiger partial charge is 0.317 e. The minimum absolute atomic E-state index is 0.658. The number of aromatic nitrogens is 3. The molecule has 0 amide bonds.